The van der Waals surface area contributed by atoms with Crippen molar-refractivity contribution >= 4 is 0 Å². The van der Waals surface area contributed by atoms with Crippen LogP contribution >= 0.6 is 0 Å². The Bertz CT molecular complexity index is 539. The van der Waals surface area contributed by atoms with Gasteiger partial charge in [0.15, 0.2) is 0 Å². The number of hydrogen-bond donors (Lipinski definition) is 1. The second-order valence-electron chi connectivity index (χ2n) is 8.05. The van der Waals surface area contributed by atoms with Crippen LogP contribution in [-0.2, 0) is 11.6 Å². The first kappa shape index (κ1) is 19.3. The molecule has 136 valence electrons. The average Bonchev–Trinajstić information content (AvgIpc) is 2.46. The van der Waals surface area contributed by atoms with E-state index in [1.807, 2.05) is 6.92 Å². The van der Waals surface area contributed by atoms with E-state index in [0.29, 0.717) is 6.04 Å². The molecule has 0 aliphatic carbocycles. The monoisotopic (exact) mass is 343 g/mol. The molecule has 0 amide bonds. The fourth-order valence-corrected chi connectivity index (χ4v) is 3.54. The van der Waals surface area contributed by atoms with Crippen molar-refractivity contribution < 1.29 is 18.3 Å². The number of rotatable bonds is 4. The van der Waals surface area contributed by atoms with Crippen LogP contribution in [0.2, 0.25) is 0 Å². The van der Waals surface area contributed by atoms with Crippen LogP contribution in [0.5, 0.6) is 0 Å². The number of alkyl halides is 3. The van der Waals surface area contributed by atoms with Crippen LogP contribution in [-0.4, -0.2) is 34.7 Å². The van der Waals surface area contributed by atoms with Gasteiger partial charge in [-0.1, -0.05) is 26.0 Å². The molecule has 1 heterocycles. The first-order chi connectivity index (χ1) is 10.9. The van der Waals surface area contributed by atoms with Crippen molar-refractivity contribution in [3.05, 3.63) is 35.4 Å². The molecule has 1 fully saturated rings. The van der Waals surface area contributed by atoms with E-state index < -0.39 is 17.3 Å². The molecule has 1 unspecified atom stereocenters. The summed E-state index contributed by atoms with van der Waals surface area (Å²) in [6.45, 7) is 9.90. The van der Waals surface area contributed by atoms with Crippen molar-refractivity contribution in [3.63, 3.8) is 0 Å². The van der Waals surface area contributed by atoms with Gasteiger partial charge in [-0.15, -0.1) is 0 Å². The third kappa shape index (κ3) is 4.73. The SMILES string of the molecule is CC(CC(C)(C)c1ccc(C(F)(F)F)cc1)N1CCC(C)(O)CC1. The lowest BCUT2D eigenvalue weighted by Gasteiger charge is -2.41. The minimum Gasteiger partial charge on any atom is -0.390 e. The van der Waals surface area contributed by atoms with Gasteiger partial charge in [0.2, 0.25) is 0 Å². The zero-order valence-corrected chi connectivity index (χ0v) is 15.0. The van der Waals surface area contributed by atoms with E-state index in [4.69, 9.17) is 0 Å². The maximum Gasteiger partial charge on any atom is 0.416 e. The predicted octanol–water partition coefficient (Wildman–Crippen LogP) is 4.61. The van der Waals surface area contributed by atoms with Crippen LogP contribution in [0.1, 0.15) is 58.1 Å². The Balaban J connectivity index is 2.02. The summed E-state index contributed by atoms with van der Waals surface area (Å²) in [6, 6.07) is 5.84. The third-order valence-corrected chi connectivity index (χ3v) is 5.30. The predicted molar refractivity (Wildman–Crippen MR) is 90.0 cm³/mol. The molecule has 1 atom stereocenters. The zero-order valence-electron chi connectivity index (χ0n) is 15.0. The number of hydrogen-bond acceptors (Lipinski definition) is 2. The summed E-state index contributed by atoms with van der Waals surface area (Å²) in [5.74, 6) is 0. The van der Waals surface area contributed by atoms with Gasteiger partial charge in [-0.25, -0.2) is 0 Å². The van der Waals surface area contributed by atoms with Crippen molar-refractivity contribution in [1.82, 2.24) is 4.90 Å². The molecule has 0 aromatic heterocycles. The third-order valence-electron chi connectivity index (χ3n) is 5.30. The Morgan fingerprint density at radius 1 is 1.08 bits per heavy atom. The minimum absolute atomic E-state index is 0.205. The number of nitrogens with zero attached hydrogens (tertiary/aromatic N) is 1. The summed E-state index contributed by atoms with van der Waals surface area (Å²) in [4.78, 5) is 2.36. The average molecular weight is 343 g/mol. The highest BCUT2D eigenvalue weighted by molar-refractivity contribution is 5.29. The lowest BCUT2D eigenvalue weighted by atomic mass is 9.78. The topological polar surface area (TPSA) is 23.5 Å². The minimum atomic E-state index is -4.29. The van der Waals surface area contributed by atoms with Crippen LogP contribution in [0, 0.1) is 0 Å². The summed E-state index contributed by atoms with van der Waals surface area (Å²) in [5, 5.41) is 10.1. The second kappa shape index (κ2) is 6.68. The van der Waals surface area contributed by atoms with Crippen LogP contribution in [0.4, 0.5) is 13.2 Å². The molecule has 1 aliphatic rings. The first-order valence-corrected chi connectivity index (χ1v) is 8.55. The molecule has 2 rings (SSSR count). The molecule has 0 saturated carbocycles. The van der Waals surface area contributed by atoms with Gasteiger partial charge in [-0.05, 0) is 56.2 Å². The van der Waals surface area contributed by atoms with Gasteiger partial charge in [0.25, 0.3) is 0 Å². The molecule has 0 radical (unpaired) electrons. The molecule has 0 bridgehead atoms. The Kier molecular flexibility index (Phi) is 5.36. The van der Waals surface area contributed by atoms with Gasteiger partial charge >= 0.3 is 6.18 Å². The molecule has 1 saturated heterocycles. The van der Waals surface area contributed by atoms with E-state index in [0.717, 1.165) is 37.9 Å². The first-order valence-electron chi connectivity index (χ1n) is 8.55. The summed E-state index contributed by atoms with van der Waals surface area (Å²) >= 11 is 0. The van der Waals surface area contributed by atoms with E-state index in [1.165, 1.54) is 12.1 Å². The van der Waals surface area contributed by atoms with E-state index >= 15 is 0 Å². The van der Waals surface area contributed by atoms with Crippen molar-refractivity contribution in [2.24, 2.45) is 0 Å². The molecule has 1 aliphatic heterocycles. The molecule has 0 spiro atoms. The van der Waals surface area contributed by atoms with Crippen molar-refractivity contribution in [1.29, 1.82) is 0 Å². The molecular formula is C19H28F3NO. The van der Waals surface area contributed by atoms with Gasteiger partial charge < -0.3 is 10.0 Å². The van der Waals surface area contributed by atoms with E-state index in [9.17, 15) is 18.3 Å². The Morgan fingerprint density at radius 2 is 1.54 bits per heavy atom. The Hall–Kier alpha value is -1.07. The second-order valence-corrected chi connectivity index (χ2v) is 8.05. The molecule has 1 aromatic carbocycles. The molecule has 1 aromatic rings. The molecule has 1 N–H and O–H groups in total. The Labute approximate surface area is 142 Å². The number of benzene rings is 1. The quantitative estimate of drug-likeness (QED) is 0.863. The normalized spacial score (nSPS) is 20.8. The highest BCUT2D eigenvalue weighted by Gasteiger charge is 2.33. The summed E-state index contributed by atoms with van der Waals surface area (Å²) in [6.07, 6.45) is -1.91. The van der Waals surface area contributed by atoms with E-state index in [1.54, 1.807) is 12.1 Å². The van der Waals surface area contributed by atoms with Crippen molar-refractivity contribution in [2.75, 3.05) is 13.1 Å². The summed E-state index contributed by atoms with van der Waals surface area (Å²) in [7, 11) is 0. The fourth-order valence-electron chi connectivity index (χ4n) is 3.54. The zero-order chi connectivity index (χ0) is 18.2. The van der Waals surface area contributed by atoms with Gasteiger partial charge in [0.05, 0.1) is 11.2 Å². The van der Waals surface area contributed by atoms with Crippen LogP contribution in [0.3, 0.4) is 0 Å². The van der Waals surface area contributed by atoms with Gasteiger partial charge in [-0.3, -0.25) is 0 Å². The Morgan fingerprint density at radius 3 is 2.00 bits per heavy atom. The summed E-state index contributed by atoms with van der Waals surface area (Å²) < 4.78 is 38.1. The lowest BCUT2D eigenvalue weighted by Crippen LogP contribution is -2.47. The largest absolute Gasteiger partial charge is 0.416 e. The van der Waals surface area contributed by atoms with Gasteiger partial charge in [0.1, 0.15) is 0 Å². The lowest BCUT2D eigenvalue weighted by molar-refractivity contribution is -0.137. The summed E-state index contributed by atoms with van der Waals surface area (Å²) in [5.41, 5.74) is -0.456. The van der Waals surface area contributed by atoms with E-state index in [2.05, 4.69) is 25.7 Å². The van der Waals surface area contributed by atoms with Gasteiger partial charge in [-0.2, -0.15) is 13.2 Å². The van der Waals surface area contributed by atoms with Crippen LogP contribution in [0.25, 0.3) is 0 Å². The van der Waals surface area contributed by atoms with Gasteiger partial charge in [0, 0.05) is 19.1 Å². The molecule has 5 heteroatoms. The smallest absolute Gasteiger partial charge is 0.390 e. The highest BCUT2D eigenvalue weighted by Crippen LogP contribution is 2.34. The highest BCUT2D eigenvalue weighted by atomic mass is 19.4. The standard InChI is InChI=1S/C19H28F3NO/c1-14(23-11-9-18(4,24)10-12-23)13-17(2,3)15-5-7-16(8-6-15)19(20,21)22/h5-8,14,24H,9-13H2,1-4H3. The number of aliphatic hydroxyl groups is 1. The number of piperidine rings is 1. The molecule has 24 heavy (non-hydrogen) atoms. The van der Waals surface area contributed by atoms with Crippen LogP contribution < -0.4 is 0 Å². The molecule has 2 nitrogen and oxygen atoms in total. The maximum absolute atomic E-state index is 12.7. The molecular weight excluding hydrogens is 315 g/mol. The van der Waals surface area contributed by atoms with E-state index in [-0.39, 0.29) is 5.41 Å². The van der Waals surface area contributed by atoms with Crippen molar-refractivity contribution in [2.45, 2.75) is 70.2 Å². The number of halogens is 3. The van der Waals surface area contributed by atoms with Crippen molar-refractivity contribution in [3.8, 4) is 0 Å². The number of likely N-dealkylation sites (tertiary alicyclic amines) is 1. The fraction of sp³-hybridized carbons (Fsp3) is 0.684. The maximum atomic E-state index is 12.7. The van der Waals surface area contributed by atoms with Crippen LogP contribution in [0.15, 0.2) is 24.3 Å².